The molecule has 5 rings (SSSR count). The Labute approximate surface area is 125 Å². The summed E-state index contributed by atoms with van der Waals surface area (Å²) in [5, 5.41) is 0. The molecular formula is C17H23NO3. The van der Waals surface area contributed by atoms with Gasteiger partial charge in [-0.2, -0.15) is 0 Å². The van der Waals surface area contributed by atoms with E-state index in [0.717, 1.165) is 23.6 Å². The summed E-state index contributed by atoms with van der Waals surface area (Å²) in [4.78, 5) is 16.6. The van der Waals surface area contributed by atoms with Crippen molar-refractivity contribution in [1.29, 1.82) is 0 Å². The van der Waals surface area contributed by atoms with E-state index in [4.69, 9.17) is 9.15 Å². The fraction of sp³-hybridized carbons (Fsp3) is 0.765. The molecule has 4 bridgehead atoms. The topological polar surface area (TPSA) is 52.3 Å². The first-order valence-electron chi connectivity index (χ1n) is 8.24. The van der Waals surface area contributed by atoms with E-state index in [1.165, 1.54) is 38.5 Å². The fourth-order valence-corrected chi connectivity index (χ4v) is 5.38. The Morgan fingerprint density at radius 2 is 1.81 bits per heavy atom. The third kappa shape index (κ3) is 2.02. The summed E-state index contributed by atoms with van der Waals surface area (Å²) in [5.41, 5.74) is 0.781. The van der Waals surface area contributed by atoms with Gasteiger partial charge in [-0.15, -0.1) is 0 Å². The molecule has 0 radical (unpaired) electrons. The molecule has 4 fully saturated rings. The van der Waals surface area contributed by atoms with Crippen molar-refractivity contribution in [1.82, 2.24) is 4.98 Å². The molecule has 4 saturated carbocycles. The molecule has 1 aromatic heterocycles. The minimum atomic E-state index is -0.376. The molecule has 4 aliphatic carbocycles. The van der Waals surface area contributed by atoms with Gasteiger partial charge in [0.05, 0.1) is 12.3 Å². The number of hydrogen-bond donors (Lipinski definition) is 0. The second-order valence-corrected chi connectivity index (χ2v) is 7.35. The van der Waals surface area contributed by atoms with E-state index in [2.05, 4.69) is 4.98 Å². The Morgan fingerprint density at radius 3 is 2.33 bits per heavy atom. The lowest BCUT2D eigenvalue weighted by atomic mass is 9.49. The zero-order chi connectivity index (χ0) is 14.6. The van der Waals surface area contributed by atoms with Crippen LogP contribution in [0.3, 0.4) is 0 Å². The van der Waals surface area contributed by atoms with Crippen LogP contribution in [-0.2, 0) is 10.2 Å². The predicted molar refractivity (Wildman–Crippen MR) is 77.0 cm³/mol. The summed E-state index contributed by atoms with van der Waals surface area (Å²) in [6.45, 7) is 4.02. The van der Waals surface area contributed by atoms with Gasteiger partial charge in [0, 0.05) is 5.41 Å². The van der Waals surface area contributed by atoms with Crippen LogP contribution in [0.4, 0.5) is 0 Å². The SMILES string of the molecule is CCOC(=O)c1oc(C23CC4CC(CC(C4)C2)C3)nc1C. The summed E-state index contributed by atoms with van der Waals surface area (Å²) in [6.07, 6.45) is 7.76. The lowest BCUT2D eigenvalue weighted by molar-refractivity contribution is -0.0184. The minimum absolute atomic E-state index is 0.101. The summed E-state index contributed by atoms with van der Waals surface area (Å²) < 4.78 is 11.0. The molecule has 0 aliphatic heterocycles. The van der Waals surface area contributed by atoms with Gasteiger partial charge in [0.15, 0.2) is 0 Å². The Kier molecular flexibility index (Phi) is 2.92. The molecule has 4 aliphatic rings. The zero-order valence-corrected chi connectivity index (χ0v) is 12.9. The highest BCUT2D eigenvalue weighted by Crippen LogP contribution is 2.60. The largest absolute Gasteiger partial charge is 0.460 e. The maximum Gasteiger partial charge on any atom is 0.376 e. The van der Waals surface area contributed by atoms with Gasteiger partial charge in [0.1, 0.15) is 0 Å². The van der Waals surface area contributed by atoms with E-state index < -0.39 is 0 Å². The van der Waals surface area contributed by atoms with Crippen molar-refractivity contribution in [2.24, 2.45) is 17.8 Å². The second kappa shape index (κ2) is 4.59. The normalized spacial score (nSPS) is 37.0. The van der Waals surface area contributed by atoms with Crippen LogP contribution in [0.1, 0.15) is 67.6 Å². The number of carbonyl (C=O) groups excluding carboxylic acids is 1. The molecule has 0 saturated heterocycles. The number of nitrogens with zero attached hydrogens (tertiary/aromatic N) is 1. The maximum absolute atomic E-state index is 11.9. The molecule has 0 amide bonds. The van der Waals surface area contributed by atoms with Crippen LogP contribution in [0.25, 0.3) is 0 Å². The number of ether oxygens (including phenoxy) is 1. The monoisotopic (exact) mass is 289 g/mol. The molecule has 0 unspecified atom stereocenters. The van der Waals surface area contributed by atoms with Gasteiger partial charge >= 0.3 is 5.97 Å². The standard InChI is InChI=1S/C17H23NO3/c1-3-20-15(19)14-10(2)18-16(21-14)17-7-11-4-12(8-17)6-13(5-11)9-17/h11-13H,3-9H2,1-2H3. The second-order valence-electron chi connectivity index (χ2n) is 7.35. The summed E-state index contributed by atoms with van der Waals surface area (Å²) in [7, 11) is 0. The predicted octanol–water partition coefficient (Wildman–Crippen LogP) is 3.63. The molecule has 0 atom stereocenters. The Balaban J connectivity index is 1.67. The average Bonchev–Trinajstić information content (AvgIpc) is 2.80. The van der Waals surface area contributed by atoms with E-state index in [1.807, 2.05) is 13.8 Å². The first-order valence-corrected chi connectivity index (χ1v) is 8.24. The third-order valence-electron chi connectivity index (χ3n) is 5.75. The highest BCUT2D eigenvalue weighted by molar-refractivity contribution is 5.87. The molecule has 1 aromatic rings. The van der Waals surface area contributed by atoms with E-state index in [-0.39, 0.29) is 11.4 Å². The zero-order valence-electron chi connectivity index (χ0n) is 12.9. The quantitative estimate of drug-likeness (QED) is 0.797. The molecule has 1 heterocycles. The summed E-state index contributed by atoms with van der Waals surface area (Å²) >= 11 is 0. The molecule has 4 nitrogen and oxygen atoms in total. The van der Waals surface area contributed by atoms with Gasteiger partial charge < -0.3 is 9.15 Å². The number of hydrogen-bond acceptors (Lipinski definition) is 4. The van der Waals surface area contributed by atoms with Crippen LogP contribution in [0, 0.1) is 24.7 Å². The molecule has 114 valence electrons. The van der Waals surface area contributed by atoms with E-state index in [1.54, 1.807) is 0 Å². The number of oxazole rings is 1. The fourth-order valence-electron chi connectivity index (χ4n) is 5.38. The third-order valence-corrected chi connectivity index (χ3v) is 5.75. The van der Waals surface area contributed by atoms with Gasteiger partial charge in [0.2, 0.25) is 11.7 Å². The van der Waals surface area contributed by atoms with Crippen LogP contribution >= 0.6 is 0 Å². The van der Waals surface area contributed by atoms with E-state index in [0.29, 0.717) is 18.1 Å². The highest BCUT2D eigenvalue weighted by Gasteiger charge is 2.54. The van der Waals surface area contributed by atoms with Gasteiger partial charge in [-0.3, -0.25) is 0 Å². The van der Waals surface area contributed by atoms with Gasteiger partial charge in [-0.1, -0.05) is 0 Å². The van der Waals surface area contributed by atoms with Crippen molar-refractivity contribution in [2.75, 3.05) is 6.61 Å². The van der Waals surface area contributed by atoms with Crippen molar-refractivity contribution in [3.63, 3.8) is 0 Å². The number of carbonyl (C=O) groups is 1. The van der Waals surface area contributed by atoms with Gasteiger partial charge in [0.25, 0.3) is 0 Å². The number of esters is 1. The van der Waals surface area contributed by atoms with E-state index >= 15 is 0 Å². The van der Waals surface area contributed by atoms with Crippen molar-refractivity contribution < 1.29 is 13.9 Å². The first kappa shape index (κ1) is 13.4. The molecule has 21 heavy (non-hydrogen) atoms. The molecule has 4 heteroatoms. The molecule has 0 spiro atoms. The summed E-state index contributed by atoms with van der Waals surface area (Å²) in [5.74, 6) is 3.27. The minimum Gasteiger partial charge on any atom is -0.460 e. The van der Waals surface area contributed by atoms with Gasteiger partial charge in [-0.25, -0.2) is 9.78 Å². The van der Waals surface area contributed by atoms with Crippen molar-refractivity contribution in [3.05, 3.63) is 17.3 Å². The summed E-state index contributed by atoms with van der Waals surface area (Å²) in [6, 6.07) is 0. The Morgan fingerprint density at radius 1 is 1.24 bits per heavy atom. The van der Waals surface area contributed by atoms with Crippen LogP contribution < -0.4 is 0 Å². The van der Waals surface area contributed by atoms with Crippen LogP contribution in [0.2, 0.25) is 0 Å². The smallest absolute Gasteiger partial charge is 0.376 e. The van der Waals surface area contributed by atoms with Crippen LogP contribution in [0.5, 0.6) is 0 Å². The van der Waals surface area contributed by atoms with Crippen LogP contribution in [-0.4, -0.2) is 17.6 Å². The highest BCUT2D eigenvalue weighted by atomic mass is 16.5. The lowest BCUT2D eigenvalue weighted by Gasteiger charge is -2.55. The van der Waals surface area contributed by atoms with E-state index in [9.17, 15) is 4.79 Å². The van der Waals surface area contributed by atoms with Gasteiger partial charge in [-0.05, 0) is 70.1 Å². The molecule has 0 aromatic carbocycles. The Hall–Kier alpha value is -1.32. The number of aromatic nitrogens is 1. The van der Waals surface area contributed by atoms with Crippen molar-refractivity contribution in [2.45, 2.75) is 57.8 Å². The van der Waals surface area contributed by atoms with Crippen LogP contribution in [0.15, 0.2) is 4.42 Å². The lowest BCUT2D eigenvalue weighted by Crippen LogP contribution is -2.48. The Bertz CT molecular complexity index is 539. The van der Waals surface area contributed by atoms with Crippen molar-refractivity contribution >= 4 is 5.97 Å². The number of rotatable bonds is 3. The average molecular weight is 289 g/mol. The maximum atomic E-state index is 11.9. The first-order chi connectivity index (χ1) is 10.1. The van der Waals surface area contributed by atoms with Crippen molar-refractivity contribution in [3.8, 4) is 0 Å². The number of aryl methyl sites for hydroxylation is 1. The molecule has 0 N–H and O–H groups in total. The molecular weight excluding hydrogens is 266 g/mol.